The molecule has 18 heavy (non-hydrogen) atoms. The molecular formula is C12H20N4O2. The zero-order valence-corrected chi connectivity index (χ0v) is 11.2. The van der Waals surface area contributed by atoms with Gasteiger partial charge in [-0.05, 0) is 20.0 Å². The Kier molecular flexibility index (Phi) is 5.03. The minimum absolute atomic E-state index is 0.0487. The van der Waals surface area contributed by atoms with Gasteiger partial charge >= 0.3 is 5.97 Å². The summed E-state index contributed by atoms with van der Waals surface area (Å²) in [6, 6.07) is 0.193. The second-order valence-electron chi connectivity index (χ2n) is 4.85. The minimum Gasteiger partial charge on any atom is -0.476 e. The zero-order valence-electron chi connectivity index (χ0n) is 11.2. The van der Waals surface area contributed by atoms with E-state index >= 15 is 0 Å². The van der Waals surface area contributed by atoms with E-state index in [0.29, 0.717) is 11.7 Å². The van der Waals surface area contributed by atoms with Crippen molar-refractivity contribution in [2.75, 3.05) is 26.0 Å². The number of rotatable bonds is 6. The van der Waals surface area contributed by atoms with Gasteiger partial charge in [0.1, 0.15) is 5.82 Å². The quantitative estimate of drug-likeness (QED) is 0.791. The Hall–Kier alpha value is -1.69. The lowest BCUT2D eigenvalue weighted by Gasteiger charge is -2.25. The molecule has 0 amide bonds. The number of carbonyl (C=O) groups is 1. The monoisotopic (exact) mass is 252 g/mol. The van der Waals surface area contributed by atoms with Gasteiger partial charge in [0, 0.05) is 12.6 Å². The third-order valence-corrected chi connectivity index (χ3v) is 2.55. The number of hydrogen-bond acceptors (Lipinski definition) is 5. The van der Waals surface area contributed by atoms with E-state index in [1.165, 1.54) is 12.4 Å². The summed E-state index contributed by atoms with van der Waals surface area (Å²) in [5.41, 5.74) is -0.0487. The van der Waals surface area contributed by atoms with Crippen molar-refractivity contribution in [1.82, 2.24) is 14.9 Å². The van der Waals surface area contributed by atoms with Gasteiger partial charge in [-0.15, -0.1) is 0 Å². The van der Waals surface area contributed by atoms with E-state index in [9.17, 15) is 4.79 Å². The largest absolute Gasteiger partial charge is 0.476 e. The molecule has 0 aromatic carbocycles. The summed E-state index contributed by atoms with van der Waals surface area (Å²) in [6.45, 7) is 5.06. The van der Waals surface area contributed by atoms with Gasteiger partial charge in [0.05, 0.1) is 12.4 Å². The normalized spacial score (nSPS) is 12.8. The van der Waals surface area contributed by atoms with E-state index in [2.05, 4.69) is 34.0 Å². The van der Waals surface area contributed by atoms with Gasteiger partial charge in [-0.25, -0.2) is 9.78 Å². The fourth-order valence-electron chi connectivity index (χ4n) is 1.55. The van der Waals surface area contributed by atoms with E-state index in [1.807, 2.05) is 14.1 Å². The van der Waals surface area contributed by atoms with Crippen LogP contribution in [0, 0.1) is 5.92 Å². The van der Waals surface area contributed by atoms with Crippen LogP contribution in [-0.2, 0) is 0 Å². The van der Waals surface area contributed by atoms with E-state index in [1.54, 1.807) is 0 Å². The first-order chi connectivity index (χ1) is 8.40. The van der Waals surface area contributed by atoms with Gasteiger partial charge in [0.25, 0.3) is 0 Å². The van der Waals surface area contributed by atoms with Crippen LogP contribution in [0.2, 0.25) is 0 Å². The number of aromatic carboxylic acids is 1. The van der Waals surface area contributed by atoms with Crippen LogP contribution in [0.15, 0.2) is 12.4 Å². The molecule has 0 fully saturated rings. The molecular weight excluding hydrogens is 232 g/mol. The highest BCUT2D eigenvalue weighted by molar-refractivity contribution is 5.85. The Bertz CT molecular complexity index is 407. The maximum atomic E-state index is 10.8. The Morgan fingerprint density at radius 2 is 2.11 bits per heavy atom. The molecule has 1 aromatic rings. The number of carboxylic acids is 1. The van der Waals surface area contributed by atoms with Crippen molar-refractivity contribution in [3.63, 3.8) is 0 Å². The molecule has 1 unspecified atom stereocenters. The highest BCUT2D eigenvalue weighted by Gasteiger charge is 2.15. The SMILES string of the molecule is CC(C)C(CN(C)C)Nc1cncc(C(=O)O)n1. The number of carboxylic acid groups (broad SMARTS) is 1. The molecule has 6 nitrogen and oxygen atoms in total. The maximum Gasteiger partial charge on any atom is 0.356 e. The van der Waals surface area contributed by atoms with E-state index in [-0.39, 0.29) is 11.7 Å². The molecule has 1 heterocycles. The molecule has 1 rings (SSSR count). The molecule has 1 atom stereocenters. The third-order valence-electron chi connectivity index (χ3n) is 2.55. The van der Waals surface area contributed by atoms with Crippen LogP contribution in [0.4, 0.5) is 5.82 Å². The summed E-state index contributed by atoms with van der Waals surface area (Å²) in [7, 11) is 3.99. The van der Waals surface area contributed by atoms with Crippen LogP contribution in [0.1, 0.15) is 24.3 Å². The smallest absolute Gasteiger partial charge is 0.356 e. The Morgan fingerprint density at radius 1 is 1.44 bits per heavy atom. The Morgan fingerprint density at radius 3 is 2.61 bits per heavy atom. The second kappa shape index (κ2) is 6.30. The molecule has 100 valence electrons. The zero-order chi connectivity index (χ0) is 13.7. The summed E-state index contributed by atoms with van der Waals surface area (Å²) in [6.07, 6.45) is 2.78. The van der Waals surface area contributed by atoms with E-state index in [4.69, 9.17) is 5.11 Å². The predicted molar refractivity (Wildman–Crippen MR) is 69.8 cm³/mol. The third kappa shape index (κ3) is 4.29. The second-order valence-corrected chi connectivity index (χ2v) is 4.85. The van der Waals surface area contributed by atoms with Gasteiger partial charge in [-0.2, -0.15) is 0 Å². The number of hydrogen-bond donors (Lipinski definition) is 2. The fraction of sp³-hybridized carbons (Fsp3) is 0.583. The molecule has 0 radical (unpaired) electrons. The van der Waals surface area contributed by atoms with Gasteiger partial charge < -0.3 is 15.3 Å². The average molecular weight is 252 g/mol. The number of nitrogens with zero attached hydrogens (tertiary/aromatic N) is 3. The molecule has 0 spiro atoms. The van der Waals surface area contributed by atoms with Crippen LogP contribution in [0.5, 0.6) is 0 Å². The van der Waals surface area contributed by atoms with Crippen molar-refractivity contribution in [3.8, 4) is 0 Å². The van der Waals surface area contributed by atoms with Crippen molar-refractivity contribution in [2.24, 2.45) is 5.92 Å². The topological polar surface area (TPSA) is 78.4 Å². The first-order valence-corrected chi connectivity index (χ1v) is 5.86. The average Bonchev–Trinajstić information content (AvgIpc) is 2.27. The van der Waals surface area contributed by atoms with Crippen molar-refractivity contribution >= 4 is 11.8 Å². The lowest BCUT2D eigenvalue weighted by atomic mass is 10.0. The maximum absolute atomic E-state index is 10.8. The van der Waals surface area contributed by atoms with E-state index < -0.39 is 5.97 Å². The molecule has 0 saturated carbocycles. The van der Waals surface area contributed by atoms with Crippen LogP contribution in [0.3, 0.4) is 0 Å². The van der Waals surface area contributed by atoms with Crippen molar-refractivity contribution in [2.45, 2.75) is 19.9 Å². The molecule has 6 heteroatoms. The fourth-order valence-corrected chi connectivity index (χ4v) is 1.55. The summed E-state index contributed by atoms with van der Waals surface area (Å²) >= 11 is 0. The van der Waals surface area contributed by atoms with Gasteiger partial charge in [0.2, 0.25) is 0 Å². The van der Waals surface area contributed by atoms with Crippen LogP contribution in [-0.4, -0.2) is 52.6 Å². The van der Waals surface area contributed by atoms with Gasteiger partial charge in [0.15, 0.2) is 5.69 Å². The first-order valence-electron chi connectivity index (χ1n) is 5.86. The summed E-state index contributed by atoms with van der Waals surface area (Å²) in [4.78, 5) is 20.8. The highest BCUT2D eigenvalue weighted by atomic mass is 16.4. The van der Waals surface area contributed by atoms with E-state index in [0.717, 1.165) is 6.54 Å². The highest BCUT2D eigenvalue weighted by Crippen LogP contribution is 2.11. The predicted octanol–water partition coefficient (Wildman–Crippen LogP) is 1.17. The van der Waals surface area contributed by atoms with Crippen LogP contribution >= 0.6 is 0 Å². The van der Waals surface area contributed by atoms with Gasteiger partial charge in [-0.3, -0.25) is 4.98 Å². The van der Waals surface area contributed by atoms with Crippen molar-refractivity contribution in [1.29, 1.82) is 0 Å². The number of nitrogens with one attached hydrogen (secondary N) is 1. The lowest BCUT2D eigenvalue weighted by Crippen LogP contribution is -2.36. The lowest BCUT2D eigenvalue weighted by molar-refractivity contribution is 0.0690. The summed E-state index contributed by atoms with van der Waals surface area (Å²) in [5.74, 6) is -0.169. The van der Waals surface area contributed by atoms with Crippen LogP contribution in [0.25, 0.3) is 0 Å². The summed E-state index contributed by atoms with van der Waals surface area (Å²) in [5, 5.41) is 12.1. The molecule has 0 aliphatic carbocycles. The van der Waals surface area contributed by atoms with Crippen LogP contribution < -0.4 is 5.32 Å². The Labute approximate surface area is 107 Å². The summed E-state index contributed by atoms with van der Waals surface area (Å²) < 4.78 is 0. The first kappa shape index (κ1) is 14.4. The minimum atomic E-state index is -1.07. The van der Waals surface area contributed by atoms with Gasteiger partial charge in [-0.1, -0.05) is 13.8 Å². The number of anilines is 1. The molecule has 0 aliphatic rings. The standard InChI is InChI=1S/C12H20N4O2/c1-8(2)10(7-16(3)4)15-11-6-13-5-9(14-11)12(17)18/h5-6,8,10H,7H2,1-4H3,(H,14,15)(H,17,18). The molecule has 2 N–H and O–H groups in total. The molecule has 0 bridgehead atoms. The molecule has 1 aromatic heterocycles. The molecule has 0 aliphatic heterocycles. The Balaban J connectivity index is 2.80. The van der Waals surface area contributed by atoms with Crippen molar-refractivity contribution in [3.05, 3.63) is 18.1 Å². The number of likely N-dealkylation sites (N-methyl/N-ethyl adjacent to an activating group) is 1. The number of aromatic nitrogens is 2. The van der Waals surface area contributed by atoms with Crippen molar-refractivity contribution < 1.29 is 9.90 Å². The molecule has 0 saturated heterocycles.